The number of likely N-dealkylation sites (tertiary alicyclic amines) is 1. The molecule has 258 valence electrons. The number of nitrogens with one attached hydrogen (secondary N) is 1. The number of rotatable bonds is 9. The Hall–Kier alpha value is -4.16. The van der Waals surface area contributed by atoms with E-state index in [0.717, 1.165) is 54.7 Å². The number of aliphatic hydroxyl groups excluding tert-OH is 1. The Morgan fingerprint density at radius 2 is 1.41 bits per heavy atom. The Balaban J connectivity index is 1.21. The van der Waals surface area contributed by atoms with Gasteiger partial charge in [0, 0.05) is 24.6 Å². The van der Waals surface area contributed by atoms with E-state index in [9.17, 15) is 31.9 Å². The van der Waals surface area contributed by atoms with Crippen LogP contribution in [0, 0.1) is 35.0 Å². The monoisotopic (exact) mass is 680 g/mol. The molecule has 6 nitrogen and oxygen atoms in total. The van der Waals surface area contributed by atoms with Crippen molar-refractivity contribution in [2.24, 2.45) is 5.92 Å². The third-order valence-electron chi connectivity index (χ3n) is 9.40. The van der Waals surface area contributed by atoms with Gasteiger partial charge in [-0.1, -0.05) is 86.1 Å². The number of piperidine rings is 1. The lowest BCUT2D eigenvalue weighted by Gasteiger charge is -2.43. The van der Waals surface area contributed by atoms with E-state index in [1.807, 2.05) is 48.5 Å². The van der Waals surface area contributed by atoms with Crippen molar-refractivity contribution in [2.45, 2.75) is 57.8 Å². The summed E-state index contributed by atoms with van der Waals surface area (Å²) in [6.45, 7) is 4.71. The van der Waals surface area contributed by atoms with E-state index in [-0.39, 0.29) is 31.3 Å². The summed E-state index contributed by atoms with van der Waals surface area (Å²) in [6.07, 6.45) is 2.56. The van der Waals surface area contributed by atoms with Crippen LogP contribution in [0.1, 0.15) is 71.2 Å². The van der Waals surface area contributed by atoms with Crippen LogP contribution in [0.5, 0.6) is 0 Å². The topological polar surface area (TPSA) is 71.0 Å². The molecule has 0 unspecified atom stereocenters. The molecule has 4 aromatic rings. The van der Waals surface area contributed by atoms with Crippen molar-refractivity contribution < 1.29 is 41.3 Å². The smallest absolute Gasteiger partial charge is 0.257 e. The Labute approximate surface area is 281 Å². The molecule has 2 aliphatic heterocycles. The average molecular weight is 681 g/mol. The van der Waals surface area contributed by atoms with Crippen LogP contribution in [0.2, 0.25) is 0 Å². The van der Waals surface area contributed by atoms with Gasteiger partial charge in [-0.05, 0) is 53.7 Å². The van der Waals surface area contributed by atoms with Crippen LogP contribution in [0.4, 0.5) is 22.0 Å². The van der Waals surface area contributed by atoms with E-state index in [0.29, 0.717) is 11.1 Å². The van der Waals surface area contributed by atoms with Gasteiger partial charge in [-0.25, -0.2) is 22.0 Å². The number of ether oxygens (including phenoxy) is 2. The molecule has 2 N–H and O–H groups in total. The zero-order valence-electron chi connectivity index (χ0n) is 26.9. The molecule has 4 atom stereocenters. The normalized spacial score (nSPS) is 21.4. The van der Waals surface area contributed by atoms with Crippen LogP contribution >= 0.6 is 0 Å². The van der Waals surface area contributed by atoms with Crippen LogP contribution in [-0.4, -0.2) is 41.7 Å². The highest BCUT2D eigenvalue weighted by atomic mass is 19.2. The van der Waals surface area contributed by atoms with Crippen LogP contribution in [0.25, 0.3) is 11.1 Å². The molecule has 2 heterocycles. The Kier molecular flexibility index (Phi) is 10.7. The molecule has 4 aromatic carbocycles. The minimum absolute atomic E-state index is 0.0438. The predicted molar refractivity (Wildman–Crippen MR) is 173 cm³/mol. The van der Waals surface area contributed by atoms with Crippen LogP contribution in [0.15, 0.2) is 72.8 Å². The van der Waals surface area contributed by atoms with Gasteiger partial charge in [0.05, 0.1) is 18.8 Å². The van der Waals surface area contributed by atoms with Crippen molar-refractivity contribution in [1.29, 1.82) is 0 Å². The summed E-state index contributed by atoms with van der Waals surface area (Å²) in [6, 6.07) is 22.3. The summed E-state index contributed by atoms with van der Waals surface area (Å²) in [5.41, 5.74) is 3.08. The predicted octanol–water partition coefficient (Wildman–Crippen LogP) is 7.75. The molecule has 0 aliphatic carbocycles. The number of benzene rings is 4. The third-order valence-corrected chi connectivity index (χ3v) is 9.40. The number of hydrogen-bond acceptors (Lipinski definition) is 5. The van der Waals surface area contributed by atoms with Gasteiger partial charge in [0.1, 0.15) is 5.56 Å². The van der Waals surface area contributed by atoms with Crippen molar-refractivity contribution in [3.05, 3.63) is 130 Å². The summed E-state index contributed by atoms with van der Waals surface area (Å²) < 4.78 is 82.5. The molecule has 0 spiro atoms. The van der Waals surface area contributed by atoms with Crippen molar-refractivity contribution in [3.63, 3.8) is 0 Å². The van der Waals surface area contributed by atoms with Crippen molar-refractivity contribution >= 4 is 5.91 Å². The molecule has 0 bridgehead atoms. The number of hydrogen-bond donors (Lipinski definition) is 2. The lowest BCUT2D eigenvalue weighted by atomic mass is 9.89. The SMILES string of the molecule is C[C@@H]1[C@H](CN2CCCCC2)O[C@H](c2ccc(-c3ccccc3CNC(=O)c3c(F)c(F)c(F)c(F)c3F)cc2)O[C@@H]1c1ccc(CO)cc1. The fraction of sp³-hybridized carbons (Fsp3) is 0.342. The van der Waals surface area contributed by atoms with Gasteiger partial charge in [0.25, 0.3) is 5.91 Å². The summed E-state index contributed by atoms with van der Waals surface area (Å²) in [4.78, 5) is 15.0. The molecule has 11 heteroatoms. The van der Waals surface area contributed by atoms with Crippen molar-refractivity contribution in [3.8, 4) is 11.1 Å². The number of carbonyl (C=O) groups is 1. The van der Waals surface area contributed by atoms with Gasteiger partial charge in [0.15, 0.2) is 29.6 Å². The number of halogens is 5. The highest BCUT2D eigenvalue weighted by Crippen LogP contribution is 2.42. The second-order valence-electron chi connectivity index (χ2n) is 12.6. The maximum absolute atomic E-state index is 14.2. The highest BCUT2D eigenvalue weighted by Gasteiger charge is 2.39. The second kappa shape index (κ2) is 15.2. The first-order chi connectivity index (χ1) is 23.7. The third kappa shape index (κ3) is 7.40. The average Bonchev–Trinajstić information content (AvgIpc) is 3.14. The Morgan fingerprint density at radius 1 is 0.796 bits per heavy atom. The van der Waals surface area contributed by atoms with E-state index in [1.54, 1.807) is 24.3 Å². The minimum atomic E-state index is -2.33. The standard InChI is InChI=1S/C38H37F5N2O4/c1-22-29(20-45-17-5-2-6-18-45)48-38(49-36(22)25-11-9-23(21-46)10-12-25)26-15-13-24(14-16-26)28-8-4-3-7-27(28)19-44-37(47)30-31(39)33(41)35(43)34(42)32(30)40/h3-4,7-16,22,29,36,38,46H,2,5-6,17-21H2,1H3,(H,44,47)/t22-,29+,36+,38+/m1/s1. The fourth-order valence-electron chi connectivity index (χ4n) is 6.57. The minimum Gasteiger partial charge on any atom is -0.392 e. The molecule has 2 saturated heterocycles. The molecule has 0 radical (unpaired) electrons. The maximum atomic E-state index is 14.2. The Morgan fingerprint density at radius 3 is 2.06 bits per heavy atom. The molecule has 2 aliphatic rings. The van der Waals surface area contributed by atoms with E-state index in [2.05, 4.69) is 17.1 Å². The fourth-order valence-corrected chi connectivity index (χ4v) is 6.57. The molecule has 0 aromatic heterocycles. The summed E-state index contributed by atoms with van der Waals surface area (Å²) in [5, 5.41) is 11.8. The molecule has 49 heavy (non-hydrogen) atoms. The van der Waals surface area contributed by atoms with Gasteiger partial charge >= 0.3 is 0 Å². The number of aliphatic hydroxyl groups is 1. The first kappa shape index (κ1) is 34.7. The summed E-state index contributed by atoms with van der Waals surface area (Å²) >= 11 is 0. The van der Waals surface area contributed by atoms with Crippen LogP contribution in [0.3, 0.4) is 0 Å². The highest BCUT2D eigenvalue weighted by molar-refractivity contribution is 5.95. The number of amides is 1. The molecular weight excluding hydrogens is 643 g/mol. The van der Waals surface area contributed by atoms with E-state index in [1.165, 1.54) is 6.42 Å². The zero-order chi connectivity index (χ0) is 34.7. The lowest BCUT2D eigenvalue weighted by Crippen LogP contribution is -2.45. The maximum Gasteiger partial charge on any atom is 0.257 e. The Bertz CT molecular complexity index is 1750. The van der Waals surface area contributed by atoms with Gasteiger partial charge in [-0.2, -0.15) is 0 Å². The first-order valence-corrected chi connectivity index (χ1v) is 16.4. The van der Waals surface area contributed by atoms with Gasteiger partial charge < -0.3 is 24.8 Å². The molecule has 2 fully saturated rings. The van der Waals surface area contributed by atoms with E-state index >= 15 is 0 Å². The zero-order valence-corrected chi connectivity index (χ0v) is 26.9. The first-order valence-electron chi connectivity index (χ1n) is 16.4. The van der Waals surface area contributed by atoms with E-state index in [4.69, 9.17) is 9.47 Å². The summed E-state index contributed by atoms with van der Waals surface area (Å²) in [7, 11) is 0. The number of nitrogens with zero attached hydrogens (tertiary/aromatic N) is 1. The van der Waals surface area contributed by atoms with Gasteiger partial charge in [0.2, 0.25) is 5.82 Å². The second-order valence-corrected chi connectivity index (χ2v) is 12.6. The molecule has 6 rings (SSSR count). The number of carbonyl (C=O) groups excluding carboxylic acids is 1. The summed E-state index contributed by atoms with van der Waals surface area (Å²) in [5.74, 6) is -12.5. The van der Waals surface area contributed by atoms with Crippen LogP contribution in [-0.2, 0) is 22.6 Å². The lowest BCUT2D eigenvalue weighted by molar-refractivity contribution is -0.276. The van der Waals surface area contributed by atoms with E-state index < -0.39 is 46.8 Å². The molecule has 0 saturated carbocycles. The van der Waals surface area contributed by atoms with Crippen molar-refractivity contribution in [2.75, 3.05) is 19.6 Å². The largest absolute Gasteiger partial charge is 0.392 e. The van der Waals surface area contributed by atoms with Gasteiger partial charge in [-0.3, -0.25) is 4.79 Å². The van der Waals surface area contributed by atoms with Gasteiger partial charge in [-0.15, -0.1) is 0 Å². The quantitative estimate of drug-likeness (QED) is 0.108. The van der Waals surface area contributed by atoms with Crippen molar-refractivity contribution in [1.82, 2.24) is 10.2 Å². The molecular formula is C38H37F5N2O4. The molecule has 1 amide bonds. The van der Waals surface area contributed by atoms with Crippen LogP contribution < -0.4 is 5.32 Å².